The smallest absolute Gasteiger partial charge is 0.298 e. The molecule has 0 radical (unpaired) electrons. The van der Waals surface area contributed by atoms with Crippen LogP contribution in [0.1, 0.15) is 28.3 Å². The molecule has 0 bridgehead atoms. The van der Waals surface area contributed by atoms with Crippen LogP contribution in [0.15, 0.2) is 24.3 Å². The van der Waals surface area contributed by atoms with Crippen molar-refractivity contribution in [3.8, 4) is 0 Å². The van der Waals surface area contributed by atoms with Gasteiger partial charge in [0.25, 0.3) is 0 Å². The first kappa shape index (κ1) is 11.1. The van der Waals surface area contributed by atoms with Crippen LogP contribution in [0.4, 0.5) is 17.6 Å². The minimum atomic E-state index is -4.02. The Morgan fingerprint density at radius 1 is 1.25 bits per heavy atom. The molecule has 16 heavy (non-hydrogen) atoms. The van der Waals surface area contributed by atoms with Crippen LogP contribution in [0, 0.1) is 0 Å². The number of hydrogen-bond acceptors (Lipinski definition) is 1. The summed E-state index contributed by atoms with van der Waals surface area (Å²) in [4.78, 5) is 10.4. The third-order valence-corrected chi connectivity index (χ3v) is 2.83. The molecule has 0 saturated heterocycles. The molecule has 0 N–H and O–H groups in total. The maximum atomic E-state index is 13.1. The Bertz CT molecular complexity index is 428. The molecule has 5 heteroatoms. The molecule has 1 nitrogen and oxygen atoms in total. The molecule has 1 aliphatic rings. The average molecular weight is 232 g/mol. The van der Waals surface area contributed by atoms with Gasteiger partial charge in [0.1, 0.15) is 6.29 Å². The zero-order valence-corrected chi connectivity index (χ0v) is 8.09. The van der Waals surface area contributed by atoms with Crippen molar-refractivity contribution in [2.24, 2.45) is 0 Å². The van der Waals surface area contributed by atoms with E-state index in [0.29, 0.717) is 6.29 Å². The highest BCUT2D eigenvalue weighted by molar-refractivity contribution is 5.75. The van der Waals surface area contributed by atoms with Crippen LogP contribution in [0.3, 0.4) is 0 Å². The van der Waals surface area contributed by atoms with Crippen LogP contribution >= 0.6 is 0 Å². The van der Waals surface area contributed by atoms with E-state index in [4.69, 9.17) is 0 Å². The fourth-order valence-electron chi connectivity index (χ4n) is 1.82. The van der Waals surface area contributed by atoms with E-state index in [1.54, 1.807) is 0 Å². The normalized spacial score (nSPS) is 25.9. The third-order valence-electron chi connectivity index (χ3n) is 2.83. The fraction of sp³-hybridized carbons (Fsp3) is 0.364. The monoisotopic (exact) mass is 232 g/mol. The number of carbonyl (C=O) groups is 1. The summed E-state index contributed by atoms with van der Waals surface area (Å²) in [6, 6.07) is 5.40. The highest BCUT2D eigenvalue weighted by Gasteiger charge is 2.71. The Morgan fingerprint density at radius 3 is 2.44 bits per heavy atom. The topological polar surface area (TPSA) is 17.1 Å². The first-order valence-electron chi connectivity index (χ1n) is 4.69. The lowest BCUT2D eigenvalue weighted by molar-refractivity contribution is -0.290. The Kier molecular flexibility index (Phi) is 2.29. The van der Waals surface area contributed by atoms with Crippen molar-refractivity contribution in [3.63, 3.8) is 0 Å². The lowest BCUT2D eigenvalue weighted by Crippen LogP contribution is -2.56. The number of aldehydes is 1. The van der Waals surface area contributed by atoms with Gasteiger partial charge in [0.15, 0.2) is 0 Å². The van der Waals surface area contributed by atoms with E-state index in [0.717, 1.165) is 0 Å². The van der Waals surface area contributed by atoms with Crippen molar-refractivity contribution < 1.29 is 22.4 Å². The average Bonchev–Trinajstić information content (AvgIpc) is 2.26. The van der Waals surface area contributed by atoms with E-state index in [2.05, 4.69) is 0 Å². The number of carbonyl (C=O) groups excluding carboxylic acids is 1. The maximum absolute atomic E-state index is 13.1. The highest BCUT2D eigenvalue weighted by atomic mass is 19.3. The van der Waals surface area contributed by atoms with Crippen LogP contribution < -0.4 is 0 Å². The van der Waals surface area contributed by atoms with Crippen LogP contribution in [0.2, 0.25) is 0 Å². The molecule has 0 amide bonds. The van der Waals surface area contributed by atoms with E-state index in [9.17, 15) is 22.4 Å². The van der Waals surface area contributed by atoms with Crippen molar-refractivity contribution >= 4 is 6.29 Å². The minimum absolute atomic E-state index is 0.0838. The SMILES string of the molecule is O=Cc1cccc([C@H]2CC(F)(F)C2(F)F)c1. The molecular formula is C11H8F4O. The van der Waals surface area contributed by atoms with Crippen molar-refractivity contribution in [1.82, 2.24) is 0 Å². The van der Waals surface area contributed by atoms with E-state index in [1.165, 1.54) is 24.3 Å². The molecule has 0 spiro atoms. The van der Waals surface area contributed by atoms with Crippen LogP contribution in [-0.2, 0) is 0 Å². The second-order valence-corrected chi connectivity index (χ2v) is 3.87. The predicted molar refractivity (Wildman–Crippen MR) is 49.1 cm³/mol. The summed E-state index contributed by atoms with van der Waals surface area (Å²) in [7, 11) is 0. The van der Waals surface area contributed by atoms with Gasteiger partial charge in [-0.3, -0.25) is 4.79 Å². The standard InChI is InChI=1S/C11H8F4O/c12-10(13)5-9(11(10,14)15)8-3-1-2-7(4-8)6-16/h1-4,6,9H,5H2/t9-/m1/s1. The molecule has 0 aliphatic heterocycles. The Labute approximate surface area is 89.1 Å². The molecule has 1 atom stereocenters. The summed E-state index contributed by atoms with van der Waals surface area (Å²) in [5.74, 6) is -9.45. The van der Waals surface area contributed by atoms with E-state index in [-0.39, 0.29) is 11.1 Å². The van der Waals surface area contributed by atoms with E-state index < -0.39 is 24.2 Å². The molecule has 86 valence electrons. The van der Waals surface area contributed by atoms with Crippen molar-refractivity contribution in [2.75, 3.05) is 0 Å². The molecule has 1 aliphatic carbocycles. The van der Waals surface area contributed by atoms with Crippen molar-refractivity contribution in [3.05, 3.63) is 35.4 Å². The summed E-state index contributed by atoms with van der Waals surface area (Å²) in [6.07, 6.45) is -0.374. The lowest BCUT2D eigenvalue weighted by Gasteiger charge is -2.44. The van der Waals surface area contributed by atoms with Gasteiger partial charge in [0, 0.05) is 12.0 Å². The summed E-state index contributed by atoms with van der Waals surface area (Å²) >= 11 is 0. The first-order chi connectivity index (χ1) is 7.38. The van der Waals surface area contributed by atoms with Gasteiger partial charge >= 0.3 is 11.8 Å². The van der Waals surface area contributed by atoms with Gasteiger partial charge in [0.2, 0.25) is 0 Å². The molecule has 2 rings (SSSR count). The minimum Gasteiger partial charge on any atom is -0.298 e. The summed E-state index contributed by atoms with van der Waals surface area (Å²) in [5.41, 5.74) is 0.295. The number of alkyl halides is 4. The Morgan fingerprint density at radius 2 is 1.94 bits per heavy atom. The largest absolute Gasteiger partial charge is 0.317 e. The fourth-order valence-corrected chi connectivity index (χ4v) is 1.82. The molecule has 1 aromatic rings. The van der Waals surface area contributed by atoms with Gasteiger partial charge in [-0.2, -0.15) is 17.6 Å². The molecule has 1 aromatic carbocycles. The second-order valence-electron chi connectivity index (χ2n) is 3.87. The summed E-state index contributed by atoms with van der Waals surface area (Å²) in [5, 5.41) is 0. The molecule has 0 heterocycles. The number of halogens is 4. The van der Waals surface area contributed by atoms with Gasteiger partial charge in [-0.1, -0.05) is 18.2 Å². The number of rotatable bonds is 2. The Hall–Kier alpha value is -1.39. The second kappa shape index (κ2) is 3.30. The first-order valence-corrected chi connectivity index (χ1v) is 4.69. The zero-order valence-electron chi connectivity index (χ0n) is 8.09. The van der Waals surface area contributed by atoms with Gasteiger partial charge in [-0.05, 0) is 11.6 Å². The van der Waals surface area contributed by atoms with Gasteiger partial charge < -0.3 is 0 Å². The van der Waals surface area contributed by atoms with Gasteiger partial charge in [-0.25, -0.2) is 0 Å². The highest BCUT2D eigenvalue weighted by Crippen LogP contribution is 2.59. The van der Waals surface area contributed by atoms with E-state index >= 15 is 0 Å². The molecular weight excluding hydrogens is 224 g/mol. The maximum Gasteiger partial charge on any atom is 0.317 e. The number of hydrogen-bond donors (Lipinski definition) is 0. The van der Waals surface area contributed by atoms with Gasteiger partial charge in [-0.15, -0.1) is 0 Å². The van der Waals surface area contributed by atoms with Crippen LogP contribution in [0.5, 0.6) is 0 Å². The quantitative estimate of drug-likeness (QED) is 0.565. The lowest BCUT2D eigenvalue weighted by atomic mass is 9.72. The third kappa shape index (κ3) is 1.42. The van der Waals surface area contributed by atoms with E-state index in [1.807, 2.05) is 0 Å². The predicted octanol–water partition coefficient (Wildman–Crippen LogP) is 3.26. The zero-order chi connectivity index (χ0) is 12.0. The van der Waals surface area contributed by atoms with Crippen molar-refractivity contribution in [2.45, 2.75) is 24.2 Å². The summed E-state index contributed by atoms with van der Waals surface area (Å²) < 4.78 is 51.4. The van der Waals surface area contributed by atoms with Crippen LogP contribution in [0.25, 0.3) is 0 Å². The molecule has 1 saturated carbocycles. The summed E-state index contributed by atoms with van der Waals surface area (Å²) in [6.45, 7) is 0. The van der Waals surface area contributed by atoms with Crippen molar-refractivity contribution in [1.29, 1.82) is 0 Å². The molecule has 0 unspecified atom stereocenters. The molecule has 1 fully saturated rings. The number of benzene rings is 1. The van der Waals surface area contributed by atoms with Crippen LogP contribution in [-0.4, -0.2) is 18.1 Å². The van der Waals surface area contributed by atoms with Gasteiger partial charge in [0.05, 0.1) is 5.92 Å². The molecule has 0 aromatic heterocycles. The Balaban J connectivity index is 2.31.